The molecule has 0 N–H and O–H groups in total. The van der Waals surface area contributed by atoms with Gasteiger partial charge < -0.3 is 4.74 Å². The smallest absolute Gasteiger partial charge is 0.417 e. The van der Waals surface area contributed by atoms with Crippen LogP contribution < -0.4 is 4.74 Å². The molecule has 0 spiro atoms. The van der Waals surface area contributed by atoms with Crippen molar-refractivity contribution >= 4 is 11.9 Å². The van der Waals surface area contributed by atoms with E-state index in [0.717, 1.165) is 18.2 Å². The highest BCUT2D eigenvalue weighted by atomic mass is 19.4. The maximum Gasteiger partial charge on any atom is 0.417 e. The first-order valence-electron chi connectivity index (χ1n) is 6.30. The second-order valence-corrected chi connectivity index (χ2v) is 4.36. The van der Waals surface area contributed by atoms with Gasteiger partial charge in [0, 0.05) is 17.3 Å². The number of carbonyl (C=O) groups excluding carboxylic acids is 1. The van der Waals surface area contributed by atoms with Gasteiger partial charge in [-0.05, 0) is 24.3 Å². The quantitative estimate of drug-likeness (QED) is 0.633. The lowest BCUT2D eigenvalue weighted by molar-refractivity contribution is -0.137. The molecule has 3 nitrogen and oxygen atoms in total. The van der Waals surface area contributed by atoms with Crippen molar-refractivity contribution in [1.82, 2.24) is 4.98 Å². The highest BCUT2D eigenvalue weighted by molar-refractivity contribution is 6.08. The van der Waals surface area contributed by atoms with Gasteiger partial charge >= 0.3 is 6.18 Å². The summed E-state index contributed by atoms with van der Waals surface area (Å²) < 4.78 is 43.7. The zero-order chi connectivity index (χ0) is 16.2. The number of nitrogens with zero attached hydrogens (tertiary/aromatic N) is 1. The van der Waals surface area contributed by atoms with Gasteiger partial charge in [0.15, 0.2) is 5.78 Å². The molecular formula is C16H12F3NO2. The van der Waals surface area contributed by atoms with Gasteiger partial charge in [-0.15, -0.1) is 0 Å². The molecule has 1 aromatic carbocycles. The number of rotatable bonds is 4. The lowest BCUT2D eigenvalue weighted by Crippen LogP contribution is -2.11. The van der Waals surface area contributed by atoms with Gasteiger partial charge in [0.05, 0.1) is 18.9 Å². The van der Waals surface area contributed by atoms with Crippen LogP contribution in [0.25, 0.3) is 6.08 Å². The van der Waals surface area contributed by atoms with Crippen molar-refractivity contribution in [2.45, 2.75) is 6.18 Å². The predicted octanol–water partition coefficient (Wildman–Crippen LogP) is 4.01. The van der Waals surface area contributed by atoms with Crippen molar-refractivity contribution in [2.75, 3.05) is 7.11 Å². The minimum absolute atomic E-state index is 0.390. The highest BCUT2D eigenvalue weighted by Crippen LogP contribution is 2.32. The molecule has 0 radical (unpaired) electrons. The third-order valence-electron chi connectivity index (χ3n) is 2.95. The molecule has 22 heavy (non-hydrogen) atoms. The van der Waals surface area contributed by atoms with E-state index in [9.17, 15) is 18.0 Å². The average molecular weight is 307 g/mol. The van der Waals surface area contributed by atoms with E-state index >= 15 is 0 Å². The summed E-state index contributed by atoms with van der Waals surface area (Å²) in [7, 11) is 1.44. The third kappa shape index (κ3) is 3.52. The number of aromatic nitrogens is 1. The number of carbonyl (C=O) groups is 1. The van der Waals surface area contributed by atoms with Gasteiger partial charge in [-0.1, -0.05) is 18.2 Å². The fourth-order valence-electron chi connectivity index (χ4n) is 1.90. The zero-order valence-corrected chi connectivity index (χ0v) is 11.6. The van der Waals surface area contributed by atoms with E-state index in [4.69, 9.17) is 4.74 Å². The summed E-state index contributed by atoms with van der Waals surface area (Å²) in [6.45, 7) is 0. The number of halogens is 3. The largest absolute Gasteiger partial charge is 0.495 e. The van der Waals surface area contributed by atoms with Crippen LogP contribution in [0.4, 0.5) is 13.2 Å². The Morgan fingerprint density at radius 2 is 1.95 bits per heavy atom. The van der Waals surface area contributed by atoms with Crippen molar-refractivity contribution in [2.24, 2.45) is 0 Å². The lowest BCUT2D eigenvalue weighted by atomic mass is 10.0. The van der Waals surface area contributed by atoms with Crippen LogP contribution in [0.1, 0.15) is 21.5 Å². The van der Waals surface area contributed by atoms with Crippen molar-refractivity contribution in [3.05, 3.63) is 65.5 Å². The van der Waals surface area contributed by atoms with Gasteiger partial charge in [-0.3, -0.25) is 9.78 Å². The van der Waals surface area contributed by atoms with E-state index in [1.807, 2.05) is 0 Å². The summed E-state index contributed by atoms with van der Waals surface area (Å²) >= 11 is 0. The minimum atomic E-state index is -4.57. The van der Waals surface area contributed by atoms with Crippen LogP contribution >= 0.6 is 0 Å². The van der Waals surface area contributed by atoms with Gasteiger partial charge in [-0.25, -0.2) is 0 Å². The van der Waals surface area contributed by atoms with Gasteiger partial charge in [0.2, 0.25) is 0 Å². The SMILES string of the molecule is COc1cnccc1C=CC(=O)c1ccccc1C(F)(F)F. The van der Waals surface area contributed by atoms with E-state index < -0.39 is 17.5 Å². The molecule has 114 valence electrons. The number of ketones is 1. The Kier molecular flexibility index (Phi) is 4.60. The van der Waals surface area contributed by atoms with E-state index in [1.54, 1.807) is 6.07 Å². The second-order valence-electron chi connectivity index (χ2n) is 4.36. The molecule has 0 unspecified atom stereocenters. The summed E-state index contributed by atoms with van der Waals surface area (Å²) in [5.74, 6) is -0.303. The first-order valence-corrected chi connectivity index (χ1v) is 6.30. The van der Waals surface area contributed by atoms with Gasteiger partial charge in [0.1, 0.15) is 5.75 Å². The molecule has 0 bridgehead atoms. The minimum Gasteiger partial charge on any atom is -0.495 e. The standard InChI is InChI=1S/C16H12F3NO2/c1-22-15-10-20-9-8-11(15)6-7-14(21)12-4-2-3-5-13(12)16(17,18)19/h2-10H,1H3. The first kappa shape index (κ1) is 15.8. The summed E-state index contributed by atoms with van der Waals surface area (Å²) in [5, 5.41) is 0. The number of hydrogen-bond acceptors (Lipinski definition) is 3. The Hall–Kier alpha value is -2.63. The first-order chi connectivity index (χ1) is 10.4. The maximum atomic E-state index is 12.9. The van der Waals surface area contributed by atoms with Crippen molar-refractivity contribution in [3.8, 4) is 5.75 Å². The monoisotopic (exact) mass is 307 g/mol. The van der Waals surface area contributed by atoms with Crippen LogP contribution in [0, 0.1) is 0 Å². The van der Waals surface area contributed by atoms with Crippen molar-refractivity contribution in [1.29, 1.82) is 0 Å². The molecule has 2 aromatic rings. The second kappa shape index (κ2) is 6.43. The fourth-order valence-corrected chi connectivity index (χ4v) is 1.90. The Labute approximate surface area is 125 Å². The van der Waals surface area contributed by atoms with Crippen LogP contribution in [0.2, 0.25) is 0 Å². The number of benzene rings is 1. The number of ether oxygens (including phenoxy) is 1. The van der Waals surface area contributed by atoms with Crippen LogP contribution in [0.3, 0.4) is 0 Å². The average Bonchev–Trinajstić information content (AvgIpc) is 2.52. The van der Waals surface area contributed by atoms with Gasteiger partial charge in [0.25, 0.3) is 0 Å². The third-order valence-corrected chi connectivity index (χ3v) is 2.95. The zero-order valence-electron chi connectivity index (χ0n) is 11.6. The number of pyridine rings is 1. The molecule has 0 saturated heterocycles. The van der Waals surface area contributed by atoms with Crippen molar-refractivity contribution in [3.63, 3.8) is 0 Å². The number of alkyl halides is 3. The Balaban J connectivity index is 2.32. The normalized spacial score (nSPS) is 11.6. The topological polar surface area (TPSA) is 39.2 Å². The Morgan fingerprint density at radius 3 is 2.64 bits per heavy atom. The van der Waals surface area contributed by atoms with E-state index in [-0.39, 0.29) is 5.56 Å². The number of allylic oxidation sites excluding steroid dienone is 1. The molecule has 0 atom stereocenters. The Bertz CT molecular complexity index is 709. The number of methoxy groups -OCH3 is 1. The summed E-state index contributed by atoms with van der Waals surface area (Å²) in [6, 6.07) is 6.27. The fraction of sp³-hybridized carbons (Fsp3) is 0.125. The van der Waals surface area contributed by atoms with Crippen molar-refractivity contribution < 1.29 is 22.7 Å². The molecule has 0 fully saturated rings. The predicted molar refractivity (Wildman–Crippen MR) is 75.6 cm³/mol. The molecule has 0 amide bonds. The van der Waals surface area contributed by atoms with E-state index in [1.165, 1.54) is 37.7 Å². The number of hydrogen-bond donors (Lipinski definition) is 0. The summed E-state index contributed by atoms with van der Waals surface area (Å²) in [5.41, 5.74) is -0.791. The summed E-state index contributed by atoms with van der Waals surface area (Å²) in [4.78, 5) is 15.9. The van der Waals surface area contributed by atoms with E-state index in [2.05, 4.69) is 4.98 Å². The molecule has 1 aromatic heterocycles. The summed E-state index contributed by atoms with van der Waals surface area (Å²) in [6.07, 6.45) is 0.858. The maximum absolute atomic E-state index is 12.9. The van der Waals surface area contributed by atoms with Gasteiger partial charge in [-0.2, -0.15) is 13.2 Å². The lowest BCUT2D eigenvalue weighted by Gasteiger charge is -2.10. The molecule has 0 aliphatic heterocycles. The molecule has 0 saturated carbocycles. The molecular weight excluding hydrogens is 295 g/mol. The van der Waals surface area contributed by atoms with Crippen LogP contribution in [0.5, 0.6) is 5.75 Å². The Morgan fingerprint density at radius 1 is 1.23 bits per heavy atom. The van der Waals surface area contributed by atoms with E-state index in [0.29, 0.717) is 11.3 Å². The molecule has 2 rings (SSSR count). The van der Waals surface area contributed by atoms with Crippen LogP contribution in [0.15, 0.2) is 48.8 Å². The van der Waals surface area contributed by atoms with Crippen LogP contribution in [-0.2, 0) is 6.18 Å². The molecule has 1 heterocycles. The molecule has 6 heteroatoms. The molecule has 0 aliphatic carbocycles. The molecule has 0 aliphatic rings. The highest BCUT2D eigenvalue weighted by Gasteiger charge is 2.34. The van der Waals surface area contributed by atoms with Crippen LogP contribution in [-0.4, -0.2) is 17.9 Å².